The average Bonchev–Trinajstić information content (AvgIpc) is 3.10. The predicted octanol–water partition coefficient (Wildman–Crippen LogP) is 4.00. The fourth-order valence-electron chi connectivity index (χ4n) is 4.41. The Kier molecular flexibility index (Phi) is 7.01. The van der Waals surface area contributed by atoms with Crippen LogP contribution in [-0.2, 0) is 18.3 Å². The van der Waals surface area contributed by atoms with Gasteiger partial charge in [-0.25, -0.2) is 0 Å². The molecule has 0 saturated carbocycles. The number of anilines is 1. The van der Waals surface area contributed by atoms with Crippen LogP contribution in [0.3, 0.4) is 0 Å². The number of carbonyl (C=O) groups excluding carboxylic acids is 1. The Labute approximate surface area is 203 Å². The Bertz CT molecular complexity index is 1220. The van der Waals surface area contributed by atoms with Crippen LogP contribution < -0.4 is 10.5 Å². The smallest absolute Gasteiger partial charge is 0.270 e. The minimum Gasteiger partial charge on any atom is -0.357 e. The molecule has 2 aliphatic rings. The maximum atomic E-state index is 13.2. The molecule has 33 heavy (non-hydrogen) atoms. The molecule has 0 aliphatic carbocycles. The van der Waals surface area contributed by atoms with E-state index in [2.05, 4.69) is 11.0 Å². The van der Waals surface area contributed by atoms with Crippen LogP contribution in [-0.4, -0.2) is 39.3 Å². The van der Waals surface area contributed by atoms with E-state index < -0.39 is 0 Å². The van der Waals surface area contributed by atoms with E-state index in [9.17, 15) is 14.9 Å². The van der Waals surface area contributed by atoms with Crippen molar-refractivity contribution >= 4 is 46.1 Å². The van der Waals surface area contributed by atoms with Crippen LogP contribution in [0.4, 0.5) is 5.82 Å². The normalized spacial score (nSPS) is 17.7. The lowest BCUT2D eigenvalue weighted by Crippen LogP contribution is -2.36. The molecule has 1 aromatic heterocycles. The molecule has 2 saturated heterocycles. The van der Waals surface area contributed by atoms with Gasteiger partial charge in [-0.1, -0.05) is 54.3 Å². The molecule has 6 nitrogen and oxygen atoms in total. The van der Waals surface area contributed by atoms with Crippen LogP contribution in [0.15, 0.2) is 40.0 Å². The number of pyridine rings is 1. The molecular weight excluding hydrogens is 452 g/mol. The SMILES string of the molecule is Cc1c(C=C2SC(=S)N(CCc3ccccc3)C2=O)c(N2CCCCC2)n(C)c(=O)c1C#N. The molecule has 0 radical (unpaired) electrons. The second-order valence-electron chi connectivity index (χ2n) is 8.33. The number of nitrogens with zero attached hydrogens (tertiary/aromatic N) is 4. The second kappa shape index (κ2) is 9.94. The number of hydrogen-bond donors (Lipinski definition) is 0. The van der Waals surface area contributed by atoms with Gasteiger partial charge >= 0.3 is 0 Å². The van der Waals surface area contributed by atoms with Gasteiger partial charge in [0.15, 0.2) is 0 Å². The molecule has 4 rings (SSSR count). The summed E-state index contributed by atoms with van der Waals surface area (Å²) in [6.07, 6.45) is 5.80. The molecule has 170 valence electrons. The fraction of sp³-hybridized carbons (Fsp3) is 0.360. The Morgan fingerprint density at radius 3 is 2.52 bits per heavy atom. The van der Waals surface area contributed by atoms with E-state index in [0.29, 0.717) is 21.3 Å². The lowest BCUT2D eigenvalue weighted by Gasteiger charge is -2.32. The van der Waals surface area contributed by atoms with Gasteiger partial charge in [0.2, 0.25) is 0 Å². The molecule has 1 aromatic carbocycles. The summed E-state index contributed by atoms with van der Waals surface area (Å²) in [5.74, 6) is 0.642. The second-order valence-corrected chi connectivity index (χ2v) is 10.0. The summed E-state index contributed by atoms with van der Waals surface area (Å²) in [6, 6.07) is 12.1. The predicted molar refractivity (Wildman–Crippen MR) is 137 cm³/mol. The number of thioether (sulfide) groups is 1. The third-order valence-electron chi connectivity index (χ3n) is 6.24. The number of benzene rings is 1. The summed E-state index contributed by atoms with van der Waals surface area (Å²) in [6.45, 7) is 3.99. The number of aromatic nitrogens is 1. The van der Waals surface area contributed by atoms with Crippen molar-refractivity contribution in [3.8, 4) is 6.07 Å². The van der Waals surface area contributed by atoms with E-state index in [1.807, 2.05) is 36.4 Å². The number of nitriles is 1. The van der Waals surface area contributed by atoms with Crippen LogP contribution in [0.1, 0.15) is 41.5 Å². The first kappa shape index (κ1) is 23.3. The molecule has 3 heterocycles. The molecule has 0 N–H and O–H groups in total. The first-order chi connectivity index (χ1) is 15.9. The first-order valence-electron chi connectivity index (χ1n) is 11.1. The van der Waals surface area contributed by atoms with Crippen molar-refractivity contribution in [1.82, 2.24) is 9.47 Å². The van der Waals surface area contributed by atoms with Gasteiger partial charge in [-0.2, -0.15) is 5.26 Å². The highest BCUT2D eigenvalue weighted by atomic mass is 32.2. The molecule has 0 spiro atoms. The van der Waals surface area contributed by atoms with Crippen molar-refractivity contribution in [3.05, 3.63) is 67.8 Å². The van der Waals surface area contributed by atoms with Crippen LogP contribution >= 0.6 is 24.0 Å². The zero-order valence-electron chi connectivity index (χ0n) is 18.8. The number of hydrogen-bond acceptors (Lipinski definition) is 6. The fourth-order valence-corrected chi connectivity index (χ4v) is 5.70. The summed E-state index contributed by atoms with van der Waals surface area (Å²) in [5.41, 5.74) is 2.32. The standard InChI is InChI=1S/C25H26N4O2S2/c1-17-19(22(28-12-7-4-8-13-28)27(2)23(30)20(17)16-26)15-21-24(31)29(25(32)33-21)14-11-18-9-5-3-6-10-18/h3,5-6,9-10,15H,4,7-8,11-14H2,1-2H3. The number of carbonyl (C=O) groups is 1. The maximum Gasteiger partial charge on any atom is 0.270 e. The Hall–Kier alpha value is -2.89. The minimum absolute atomic E-state index is 0.115. The summed E-state index contributed by atoms with van der Waals surface area (Å²) in [7, 11) is 1.70. The van der Waals surface area contributed by atoms with Crippen LogP contribution in [0, 0.1) is 18.3 Å². The summed E-state index contributed by atoms with van der Waals surface area (Å²) in [4.78, 5) is 30.5. The number of piperidine rings is 1. The van der Waals surface area contributed by atoms with Crippen molar-refractivity contribution < 1.29 is 4.79 Å². The van der Waals surface area contributed by atoms with Crippen molar-refractivity contribution in [3.63, 3.8) is 0 Å². The van der Waals surface area contributed by atoms with Crippen LogP contribution in [0.2, 0.25) is 0 Å². The summed E-state index contributed by atoms with van der Waals surface area (Å²) >= 11 is 6.80. The van der Waals surface area contributed by atoms with E-state index in [1.54, 1.807) is 23.4 Å². The number of thiocarbonyl (C=S) groups is 1. The highest BCUT2D eigenvalue weighted by Gasteiger charge is 2.33. The average molecular weight is 479 g/mol. The van der Waals surface area contributed by atoms with Crippen molar-refractivity contribution in [1.29, 1.82) is 5.26 Å². The highest BCUT2D eigenvalue weighted by Crippen LogP contribution is 2.36. The van der Waals surface area contributed by atoms with E-state index in [0.717, 1.165) is 55.7 Å². The molecule has 0 atom stereocenters. The third kappa shape index (κ3) is 4.61. The van der Waals surface area contributed by atoms with Crippen molar-refractivity contribution in [2.24, 2.45) is 7.05 Å². The van der Waals surface area contributed by atoms with E-state index >= 15 is 0 Å². The van der Waals surface area contributed by atoms with Crippen molar-refractivity contribution in [2.75, 3.05) is 24.5 Å². The lowest BCUT2D eigenvalue weighted by atomic mass is 10.0. The number of rotatable bonds is 5. The molecule has 1 amide bonds. The zero-order chi connectivity index (χ0) is 23.5. The molecule has 2 fully saturated rings. The van der Waals surface area contributed by atoms with Gasteiger partial charge in [0.05, 0.1) is 4.91 Å². The lowest BCUT2D eigenvalue weighted by molar-refractivity contribution is -0.122. The van der Waals surface area contributed by atoms with Gasteiger partial charge in [0.25, 0.3) is 11.5 Å². The Morgan fingerprint density at radius 1 is 1.15 bits per heavy atom. The molecule has 8 heteroatoms. The minimum atomic E-state index is -0.303. The van der Waals surface area contributed by atoms with Crippen LogP contribution in [0.25, 0.3) is 6.08 Å². The number of amides is 1. The van der Waals surface area contributed by atoms with Gasteiger partial charge in [0, 0.05) is 32.2 Å². The largest absolute Gasteiger partial charge is 0.357 e. The quantitative estimate of drug-likeness (QED) is 0.478. The van der Waals surface area contributed by atoms with Crippen molar-refractivity contribution in [2.45, 2.75) is 32.6 Å². The summed E-state index contributed by atoms with van der Waals surface area (Å²) in [5, 5.41) is 9.63. The first-order valence-corrected chi connectivity index (χ1v) is 12.3. The zero-order valence-corrected chi connectivity index (χ0v) is 20.5. The molecule has 0 unspecified atom stereocenters. The van der Waals surface area contributed by atoms with Gasteiger partial charge in [-0.05, 0) is 49.8 Å². The molecule has 2 aliphatic heterocycles. The Balaban J connectivity index is 1.71. The van der Waals surface area contributed by atoms with Gasteiger partial charge in [-0.3, -0.25) is 19.1 Å². The maximum absolute atomic E-state index is 13.2. The van der Waals surface area contributed by atoms with E-state index in [-0.39, 0.29) is 17.0 Å². The van der Waals surface area contributed by atoms with Gasteiger partial charge in [0.1, 0.15) is 21.8 Å². The summed E-state index contributed by atoms with van der Waals surface area (Å²) < 4.78 is 2.09. The van der Waals surface area contributed by atoms with E-state index in [4.69, 9.17) is 12.2 Å². The Morgan fingerprint density at radius 2 is 1.85 bits per heavy atom. The topological polar surface area (TPSA) is 69.3 Å². The van der Waals surface area contributed by atoms with Gasteiger partial charge < -0.3 is 4.90 Å². The third-order valence-corrected chi connectivity index (χ3v) is 7.62. The van der Waals surface area contributed by atoms with Gasteiger partial charge in [-0.15, -0.1) is 0 Å². The monoisotopic (exact) mass is 478 g/mol. The molecular formula is C25H26N4O2S2. The van der Waals surface area contributed by atoms with E-state index in [1.165, 1.54) is 11.8 Å². The molecule has 2 aromatic rings. The van der Waals surface area contributed by atoms with Crippen LogP contribution in [0.5, 0.6) is 0 Å². The highest BCUT2D eigenvalue weighted by molar-refractivity contribution is 8.26. The molecule has 0 bridgehead atoms.